The second-order valence-corrected chi connectivity index (χ2v) is 5.85. The van der Waals surface area contributed by atoms with E-state index in [9.17, 15) is 13.2 Å². The van der Waals surface area contributed by atoms with Gasteiger partial charge in [-0.1, -0.05) is 13.8 Å². The Kier molecular flexibility index (Phi) is 3.89. The van der Waals surface area contributed by atoms with Crippen molar-refractivity contribution < 1.29 is 17.9 Å². The zero-order chi connectivity index (χ0) is 15.8. The highest BCUT2D eigenvalue weighted by molar-refractivity contribution is 5.54. The summed E-state index contributed by atoms with van der Waals surface area (Å²) in [5, 5.41) is 11.9. The summed E-state index contributed by atoms with van der Waals surface area (Å²) in [6, 6.07) is 5.31. The number of methoxy groups -OCH3 is 1. The van der Waals surface area contributed by atoms with Gasteiger partial charge in [-0.25, -0.2) is 0 Å². The lowest BCUT2D eigenvalue weighted by Gasteiger charge is -2.51. The van der Waals surface area contributed by atoms with E-state index in [0.29, 0.717) is 5.69 Å². The summed E-state index contributed by atoms with van der Waals surface area (Å²) in [5.41, 5.74) is -1.05. The number of rotatable bonds is 3. The number of nitrogens with one attached hydrogen (secondary N) is 1. The zero-order valence-corrected chi connectivity index (χ0v) is 12.1. The van der Waals surface area contributed by atoms with Crippen molar-refractivity contribution in [1.82, 2.24) is 0 Å². The largest absolute Gasteiger partial charge is 0.417 e. The summed E-state index contributed by atoms with van der Waals surface area (Å²) in [4.78, 5) is 0. The van der Waals surface area contributed by atoms with Crippen LogP contribution in [0, 0.1) is 16.7 Å². The average molecular weight is 298 g/mol. The molecule has 3 nitrogen and oxygen atoms in total. The molecule has 0 saturated heterocycles. The van der Waals surface area contributed by atoms with Gasteiger partial charge in [0.1, 0.15) is 0 Å². The first-order valence-electron chi connectivity index (χ1n) is 6.61. The Labute approximate surface area is 121 Å². The van der Waals surface area contributed by atoms with Crippen LogP contribution in [-0.4, -0.2) is 19.3 Å². The van der Waals surface area contributed by atoms with Gasteiger partial charge in [-0.2, -0.15) is 18.4 Å². The smallest absolute Gasteiger partial charge is 0.382 e. The van der Waals surface area contributed by atoms with Gasteiger partial charge in [0, 0.05) is 24.3 Å². The lowest BCUT2D eigenvalue weighted by atomic mass is 9.64. The Morgan fingerprint density at radius 2 is 2.05 bits per heavy atom. The molecule has 1 aromatic rings. The summed E-state index contributed by atoms with van der Waals surface area (Å²) in [6.07, 6.45) is -3.70. The van der Waals surface area contributed by atoms with Crippen molar-refractivity contribution in [2.75, 3.05) is 12.4 Å². The Hall–Kier alpha value is -1.74. The molecule has 1 aromatic carbocycles. The monoisotopic (exact) mass is 298 g/mol. The zero-order valence-electron chi connectivity index (χ0n) is 12.1. The molecule has 2 atom stereocenters. The van der Waals surface area contributed by atoms with Crippen LogP contribution in [-0.2, 0) is 10.9 Å². The number of hydrogen-bond acceptors (Lipinski definition) is 3. The molecule has 6 heteroatoms. The van der Waals surface area contributed by atoms with Crippen molar-refractivity contribution in [3.8, 4) is 6.07 Å². The number of hydrogen-bond donors (Lipinski definition) is 1. The van der Waals surface area contributed by atoms with Gasteiger partial charge in [-0.3, -0.25) is 0 Å². The van der Waals surface area contributed by atoms with E-state index in [2.05, 4.69) is 5.32 Å². The van der Waals surface area contributed by atoms with E-state index in [1.165, 1.54) is 12.1 Å². The topological polar surface area (TPSA) is 45.0 Å². The van der Waals surface area contributed by atoms with Crippen molar-refractivity contribution >= 4 is 5.69 Å². The Bertz CT molecular complexity index is 575. The number of ether oxygens (including phenoxy) is 1. The van der Waals surface area contributed by atoms with E-state index >= 15 is 0 Å². The standard InChI is InChI=1S/C15H17F3N2O/c1-14(2)12(7-13(14)21-3)20-10-5-4-9(8-19)11(6-10)15(16,17)18/h4-6,12-13,20H,7H2,1-3H3. The summed E-state index contributed by atoms with van der Waals surface area (Å²) >= 11 is 0. The maximum absolute atomic E-state index is 12.9. The first-order valence-corrected chi connectivity index (χ1v) is 6.61. The number of anilines is 1. The molecule has 0 heterocycles. The van der Waals surface area contributed by atoms with Crippen LogP contribution in [0.2, 0.25) is 0 Å². The molecule has 1 N–H and O–H groups in total. The highest BCUT2D eigenvalue weighted by Crippen LogP contribution is 2.44. The molecule has 21 heavy (non-hydrogen) atoms. The van der Waals surface area contributed by atoms with Crippen LogP contribution in [0.4, 0.5) is 18.9 Å². The second-order valence-electron chi connectivity index (χ2n) is 5.85. The molecule has 0 aromatic heterocycles. The van der Waals surface area contributed by atoms with Crippen molar-refractivity contribution in [2.45, 2.75) is 38.6 Å². The van der Waals surface area contributed by atoms with Crippen LogP contribution in [0.15, 0.2) is 18.2 Å². The first kappa shape index (κ1) is 15.6. The van der Waals surface area contributed by atoms with E-state index in [-0.39, 0.29) is 23.1 Å². The highest BCUT2D eigenvalue weighted by Gasteiger charge is 2.48. The minimum Gasteiger partial charge on any atom is -0.382 e. The minimum atomic E-state index is -4.53. The Balaban J connectivity index is 2.22. The summed E-state index contributed by atoms with van der Waals surface area (Å²) in [6.45, 7) is 4.02. The van der Waals surface area contributed by atoms with Gasteiger partial charge < -0.3 is 10.1 Å². The molecule has 0 radical (unpaired) electrons. The Morgan fingerprint density at radius 3 is 2.52 bits per heavy atom. The van der Waals surface area contributed by atoms with Crippen LogP contribution in [0.1, 0.15) is 31.4 Å². The van der Waals surface area contributed by atoms with Crippen LogP contribution >= 0.6 is 0 Å². The summed E-state index contributed by atoms with van der Waals surface area (Å²) in [5.74, 6) is 0. The average Bonchev–Trinajstić information content (AvgIpc) is 2.41. The van der Waals surface area contributed by atoms with Gasteiger partial charge in [0.2, 0.25) is 0 Å². The van der Waals surface area contributed by atoms with Gasteiger partial charge in [-0.05, 0) is 24.6 Å². The van der Waals surface area contributed by atoms with Crippen molar-refractivity contribution in [1.29, 1.82) is 5.26 Å². The van der Waals surface area contributed by atoms with Crippen molar-refractivity contribution in [3.63, 3.8) is 0 Å². The van der Waals surface area contributed by atoms with Crippen LogP contribution in [0.5, 0.6) is 0 Å². The molecule has 0 amide bonds. The fourth-order valence-corrected chi connectivity index (χ4v) is 2.70. The molecule has 1 fully saturated rings. The summed E-state index contributed by atoms with van der Waals surface area (Å²) < 4.78 is 44.1. The molecular weight excluding hydrogens is 281 g/mol. The number of nitrogens with zero attached hydrogens (tertiary/aromatic N) is 1. The van der Waals surface area contributed by atoms with E-state index in [1.54, 1.807) is 13.2 Å². The summed E-state index contributed by atoms with van der Waals surface area (Å²) in [7, 11) is 1.63. The van der Waals surface area contributed by atoms with E-state index in [4.69, 9.17) is 10.00 Å². The fraction of sp³-hybridized carbons (Fsp3) is 0.533. The number of nitriles is 1. The number of halogens is 3. The first-order chi connectivity index (χ1) is 9.70. The van der Waals surface area contributed by atoms with Gasteiger partial charge in [0.05, 0.1) is 23.3 Å². The maximum Gasteiger partial charge on any atom is 0.417 e. The molecule has 2 rings (SSSR count). The van der Waals surface area contributed by atoms with Crippen molar-refractivity contribution in [2.24, 2.45) is 5.41 Å². The third-order valence-electron chi connectivity index (χ3n) is 4.25. The predicted molar refractivity (Wildman–Crippen MR) is 72.8 cm³/mol. The molecule has 0 bridgehead atoms. The van der Waals surface area contributed by atoms with Crippen LogP contribution in [0.25, 0.3) is 0 Å². The minimum absolute atomic E-state index is 0.0384. The van der Waals surface area contributed by atoms with Gasteiger partial charge in [0.15, 0.2) is 0 Å². The van der Waals surface area contributed by atoms with Gasteiger partial charge in [0.25, 0.3) is 0 Å². The number of alkyl halides is 3. The SMILES string of the molecule is COC1CC(Nc2ccc(C#N)c(C(F)(F)F)c2)C1(C)C. The van der Waals surface area contributed by atoms with Gasteiger partial charge in [-0.15, -0.1) is 0 Å². The van der Waals surface area contributed by atoms with E-state index < -0.39 is 11.7 Å². The molecule has 2 unspecified atom stereocenters. The van der Waals surface area contributed by atoms with Crippen LogP contribution in [0.3, 0.4) is 0 Å². The molecule has 0 spiro atoms. The van der Waals surface area contributed by atoms with Crippen LogP contribution < -0.4 is 5.32 Å². The molecule has 114 valence electrons. The normalized spacial score (nSPS) is 24.0. The molecule has 0 aliphatic heterocycles. The quantitative estimate of drug-likeness (QED) is 0.923. The maximum atomic E-state index is 12.9. The lowest BCUT2D eigenvalue weighted by Crippen LogP contribution is -2.57. The highest BCUT2D eigenvalue weighted by atomic mass is 19.4. The lowest BCUT2D eigenvalue weighted by molar-refractivity contribution is -0.137. The molecular formula is C15H17F3N2O. The predicted octanol–water partition coefficient (Wildman–Crippen LogP) is 3.80. The third kappa shape index (κ3) is 2.84. The van der Waals surface area contributed by atoms with Crippen molar-refractivity contribution in [3.05, 3.63) is 29.3 Å². The van der Waals surface area contributed by atoms with Gasteiger partial charge >= 0.3 is 6.18 Å². The third-order valence-corrected chi connectivity index (χ3v) is 4.25. The van der Waals surface area contributed by atoms with E-state index in [0.717, 1.165) is 12.5 Å². The fourth-order valence-electron chi connectivity index (χ4n) is 2.70. The molecule has 1 saturated carbocycles. The molecule has 1 aliphatic rings. The molecule has 1 aliphatic carbocycles. The number of benzene rings is 1. The Morgan fingerprint density at radius 1 is 1.38 bits per heavy atom. The second kappa shape index (κ2) is 5.23. The van der Waals surface area contributed by atoms with E-state index in [1.807, 2.05) is 13.8 Å².